The molecule has 32 heavy (non-hydrogen) atoms. The molecule has 0 saturated heterocycles. The van der Waals surface area contributed by atoms with Crippen LogP contribution in [0.15, 0.2) is 66.7 Å². The zero-order valence-corrected chi connectivity index (χ0v) is 17.9. The zero-order chi connectivity index (χ0) is 22.1. The predicted molar refractivity (Wildman–Crippen MR) is 125 cm³/mol. The lowest BCUT2D eigenvalue weighted by Crippen LogP contribution is -2.16. The van der Waals surface area contributed by atoms with E-state index in [9.17, 15) is 9.18 Å². The van der Waals surface area contributed by atoms with Gasteiger partial charge in [0.05, 0.1) is 11.4 Å². The summed E-state index contributed by atoms with van der Waals surface area (Å²) in [6.45, 7) is 0. The molecule has 5 rings (SSSR count). The quantitative estimate of drug-likeness (QED) is 0.418. The number of fused-ring (bicyclic) bond motifs is 1. The Morgan fingerprint density at radius 2 is 1.41 bits per heavy atom. The monoisotopic (exact) mass is 430 g/mol. The Kier molecular flexibility index (Phi) is 5.56. The number of hydrogen-bond donors (Lipinski definition) is 3. The van der Waals surface area contributed by atoms with Crippen molar-refractivity contribution in [2.75, 3.05) is 10.6 Å². The van der Waals surface area contributed by atoms with Crippen LogP contribution >= 0.6 is 0 Å². The highest BCUT2D eigenvalue weighted by Gasteiger charge is 2.24. The minimum absolute atomic E-state index is 0.0699. The predicted octanol–water partition coefficient (Wildman–Crippen LogP) is 6.78. The van der Waals surface area contributed by atoms with Crippen molar-refractivity contribution in [3.63, 3.8) is 0 Å². The summed E-state index contributed by atoms with van der Waals surface area (Å²) in [5.74, 6) is -0.0628. The number of benzene rings is 3. The number of aliphatic carboxylic acids is 1. The molecule has 1 unspecified atom stereocenters. The van der Waals surface area contributed by atoms with E-state index in [4.69, 9.17) is 5.11 Å². The third-order valence-electron chi connectivity index (χ3n) is 6.85. The van der Waals surface area contributed by atoms with E-state index in [0.29, 0.717) is 18.3 Å². The number of nitrogens with one attached hydrogen (secondary N) is 2. The second-order valence-corrected chi connectivity index (χ2v) is 8.97. The molecule has 1 atom stereocenters. The van der Waals surface area contributed by atoms with Crippen molar-refractivity contribution < 1.29 is 14.3 Å². The highest BCUT2D eigenvalue weighted by atomic mass is 19.1. The van der Waals surface area contributed by atoms with Gasteiger partial charge in [-0.2, -0.15) is 0 Å². The minimum atomic E-state index is -0.679. The van der Waals surface area contributed by atoms with Crippen LogP contribution in [-0.2, 0) is 4.79 Å². The van der Waals surface area contributed by atoms with Gasteiger partial charge in [-0.25, -0.2) is 4.39 Å². The van der Waals surface area contributed by atoms with E-state index in [-0.39, 0.29) is 12.0 Å². The Morgan fingerprint density at radius 3 is 2.03 bits per heavy atom. The molecule has 0 aromatic heterocycles. The maximum atomic E-state index is 13.5. The van der Waals surface area contributed by atoms with Crippen LogP contribution in [0.25, 0.3) is 11.1 Å². The van der Waals surface area contributed by atoms with Crippen molar-refractivity contribution in [1.29, 1.82) is 0 Å². The maximum absolute atomic E-state index is 13.5. The molecule has 1 aliphatic heterocycles. The summed E-state index contributed by atoms with van der Waals surface area (Å²) in [5.41, 5.74) is 6.48. The lowest BCUT2D eigenvalue weighted by Gasteiger charge is -2.28. The number of rotatable bonds is 5. The van der Waals surface area contributed by atoms with Crippen LogP contribution < -0.4 is 10.6 Å². The molecule has 1 saturated carbocycles. The molecular weight excluding hydrogens is 403 g/mol. The average Bonchev–Trinajstić information content (AvgIpc) is 3.23. The van der Waals surface area contributed by atoms with Crippen molar-refractivity contribution in [3.8, 4) is 11.1 Å². The smallest absolute Gasteiger partial charge is 0.303 e. The number of carboxylic acids is 1. The van der Waals surface area contributed by atoms with Crippen LogP contribution in [0.5, 0.6) is 0 Å². The van der Waals surface area contributed by atoms with Crippen molar-refractivity contribution in [2.45, 2.75) is 44.2 Å². The Hall–Kier alpha value is -3.34. The first-order valence-corrected chi connectivity index (χ1v) is 11.3. The molecule has 0 radical (unpaired) electrons. The fourth-order valence-corrected chi connectivity index (χ4v) is 5.04. The third kappa shape index (κ3) is 4.33. The van der Waals surface area contributed by atoms with Gasteiger partial charge in [0.1, 0.15) is 12.0 Å². The lowest BCUT2D eigenvalue weighted by atomic mass is 9.77. The Balaban J connectivity index is 1.22. The summed E-state index contributed by atoms with van der Waals surface area (Å²) in [7, 11) is 0. The summed E-state index contributed by atoms with van der Waals surface area (Å²) in [6, 6.07) is 22.0. The number of hydrogen-bond acceptors (Lipinski definition) is 3. The molecule has 2 aliphatic rings. The molecule has 3 aromatic rings. The Bertz CT molecular complexity index is 1100. The van der Waals surface area contributed by atoms with Crippen LogP contribution in [0.3, 0.4) is 0 Å². The summed E-state index contributed by atoms with van der Waals surface area (Å²) in [5, 5.41) is 15.7. The van der Waals surface area contributed by atoms with E-state index in [0.717, 1.165) is 48.2 Å². The number of carboxylic acid groups (broad SMARTS) is 1. The molecule has 3 N–H and O–H groups in total. The normalized spacial score (nSPS) is 22.0. The fourth-order valence-electron chi connectivity index (χ4n) is 5.04. The molecule has 5 heteroatoms. The van der Waals surface area contributed by atoms with Gasteiger partial charge in [-0.1, -0.05) is 48.5 Å². The van der Waals surface area contributed by atoms with Gasteiger partial charge in [-0.15, -0.1) is 0 Å². The lowest BCUT2D eigenvalue weighted by molar-refractivity contribution is -0.138. The van der Waals surface area contributed by atoms with Gasteiger partial charge in [-0.05, 0) is 78.0 Å². The zero-order valence-electron chi connectivity index (χ0n) is 17.9. The van der Waals surface area contributed by atoms with Crippen molar-refractivity contribution >= 4 is 17.3 Å². The maximum Gasteiger partial charge on any atom is 0.303 e. The number of anilines is 2. The van der Waals surface area contributed by atoms with Crippen LogP contribution in [0.2, 0.25) is 0 Å². The van der Waals surface area contributed by atoms with E-state index >= 15 is 0 Å². The molecule has 1 heterocycles. The molecular formula is C27H27FN2O2. The van der Waals surface area contributed by atoms with Gasteiger partial charge in [0.25, 0.3) is 0 Å². The number of halogens is 1. The topological polar surface area (TPSA) is 61.4 Å². The van der Waals surface area contributed by atoms with Gasteiger partial charge in [0, 0.05) is 6.42 Å². The SMILES string of the molecule is O=C(O)CC1CCC(c2ccc(-c3ccc(C4Nc5ccc(F)cc5N4)cc3)cc2)CC1. The molecule has 1 aliphatic carbocycles. The highest BCUT2D eigenvalue weighted by molar-refractivity contribution is 5.75. The third-order valence-corrected chi connectivity index (χ3v) is 6.85. The van der Waals surface area contributed by atoms with Gasteiger partial charge < -0.3 is 15.7 Å². The molecule has 0 spiro atoms. The first kappa shape index (κ1) is 20.6. The summed E-state index contributed by atoms with van der Waals surface area (Å²) >= 11 is 0. The van der Waals surface area contributed by atoms with E-state index in [1.54, 1.807) is 6.07 Å². The van der Waals surface area contributed by atoms with Crippen molar-refractivity contribution in [1.82, 2.24) is 0 Å². The van der Waals surface area contributed by atoms with E-state index in [1.807, 2.05) is 0 Å². The second kappa shape index (κ2) is 8.65. The molecule has 3 aromatic carbocycles. The highest BCUT2D eigenvalue weighted by Crippen LogP contribution is 2.38. The first-order chi connectivity index (χ1) is 15.5. The van der Waals surface area contributed by atoms with Crippen LogP contribution in [0.4, 0.5) is 15.8 Å². The van der Waals surface area contributed by atoms with Gasteiger partial charge in [0.2, 0.25) is 0 Å². The van der Waals surface area contributed by atoms with E-state index in [1.165, 1.54) is 23.3 Å². The Morgan fingerprint density at radius 1 is 0.812 bits per heavy atom. The van der Waals surface area contributed by atoms with Crippen molar-refractivity contribution in [3.05, 3.63) is 83.7 Å². The average molecular weight is 431 g/mol. The van der Waals surface area contributed by atoms with Gasteiger partial charge in [-0.3, -0.25) is 4.79 Å². The molecule has 164 valence electrons. The van der Waals surface area contributed by atoms with Crippen LogP contribution in [0.1, 0.15) is 55.3 Å². The molecule has 0 bridgehead atoms. The molecule has 4 nitrogen and oxygen atoms in total. The van der Waals surface area contributed by atoms with Crippen LogP contribution in [0, 0.1) is 11.7 Å². The minimum Gasteiger partial charge on any atom is -0.481 e. The fraction of sp³-hybridized carbons (Fsp3) is 0.296. The van der Waals surface area contributed by atoms with Crippen LogP contribution in [-0.4, -0.2) is 11.1 Å². The Labute approximate surface area is 187 Å². The van der Waals surface area contributed by atoms with Gasteiger partial charge in [0.15, 0.2) is 0 Å². The summed E-state index contributed by atoms with van der Waals surface area (Å²) in [6.07, 6.45) is 4.37. The van der Waals surface area contributed by atoms with Gasteiger partial charge >= 0.3 is 5.97 Å². The molecule has 1 fully saturated rings. The second-order valence-electron chi connectivity index (χ2n) is 8.97. The first-order valence-electron chi connectivity index (χ1n) is 11.3. The van der Waals surface area contributed by atoms with E-state index in [2.05, 4.69) is 59.2 Å². The van der Waals surface area contributed by atoms with Crippen molar-refractivity contribution in [2.24, 2.45) is 5.92 Å². The number of carbonyl (C=O) groups is 1. The standard InChI is InChI=1S/C27H27FN2O2/c28-23-13-14-24-25(16-23)30-27(29-24)22-11-9-21(10-12-22)20-7-5-19(6-8-20)18-3-1-17(2-4-18)15-26(31)32/h5-14,16-18,27,29-30H,1-4,15H2,(H,31,32). The molecule has 0 amide bonds. The summed E-state index contributed by atoms with van der Waals surface area (Å²) < 4.78 is 13.5. The van der Waals surface area contributed by atoms with E-state index < -0.39 is 5.97 Å². The summed E-state index contributed by atoms with van der Waals surface area (Å²) in [4.78, 5) is 10.9. The largest absolute Gasteiger partial charge is 0.481 e.